The van der Waals surface area contributed by atoms with Crippen molar-refractivity contribution in [1.82, 2.24) is 4.57 Å². The quantitative estimate of drug-likeness (QED) is 0.406. The lowest BCUT2D eigenvalue weighted by molar-refractivity contribution is -0.116. The summed E-state index contributed by atoms with van der Waals surface area (Å²) in [6.07, 6.45) is 2.14. The number of aryl methyl sites for hydroxylation is 3. The number of fused-ring (bicyclic) bond motifs is 1. The third-order valence-corrected chi connectivity index (χ3v) is 6.01. The molecule has 0 fully saturated rings. The van der Waals surface area contributed by atoms with Crippen LogP contribution in [0.2, 0.25) is 0 Å². The highest BCUT2D eigenvalue weighted by molar-refractivity contribution is 6.10. The van der Waals surface area contributed by atoms with E-state index in [1.807, 2.05) is 45.0 Å². The highest BCUT2D eigenvalue weighted by Gasteiger charge is 2.19. The van der Waals surface area contributed by atoms with Crippen LogP contribution in [0.1, 0.15) is 39.5 Å². The van der Waals surface area contributed by atoms with E-state index in [9.17, 15) is 18.8 Å². The van der Waals surface area contributed by atoms with E-state index >= 15 is 0 Å². The predicted molar refractivity (Wildman–Crippen MR) is 132 cm³/mol. The number of aromatic nitrogens is 1. The summed E-state index contributed by atoms with van der Waals surface area (Å²) in [6.45, 7) is 5.86. The standard InChI is InChI=1S/C28H25FN2O3/c1-4-19-6-12-25-23(14-19)28(34)24(27(33)20-7-9-21(29)10-8-20)15-31(25)16-26(32)30-22-11-5-17(2)18(3)13-22/h5-15H,4,16H2,1-3H3,(H,30,32). The van der Waals surface area contributed by atoms with Crippen LogP contribution in [-0.4, -0.2) is 16.3 Å². The van der Waals surface area contributed by atoms with E-state index in [4.69, 9.17) is 0 Å². The molecular formula is C28H25FN2O3. The average molecular weight is 457 g/mol. The zero-order valence-corrected chi connectivity index (χ0v) is 19.3. The zero-order chi connectivity index (χ0) is 24.4. The van der Waals surface area contributed by atoms with Gasteiger partial charge in [0.15, 0.2) is 5.78 Å². The van der Waals surface area contributed by atoms with E-state index in [0.717, 1.165) is 23.1 Å². The first-order valence-electron chi connectivity index (χ1n) is 11.1. The second-order valence-corrected chi connectivity index (χ2v) is 8.39. The van der Waals surface area contributed by atoms with Gasteiger partial charge >= 0.3 is 0 Å². The highest BCUT2D eigenvalue weighted by atomic mass is 19.1. The summed E-state index contributed by atoms with van der Waals surface area (Å²) in [5.41, 5.74) is 4.10. The van der Waals surface area contributed by atoms with E-state index < -0.39 is 17.0 Å². The van der Waals surface area contributed by atoms with Gasteiger partial charge in [-0.3, -0.25) is 14.4 Å². The largest absolute Gasteiger partial charge is 0.337 e. The van der Waals surface area contributed by atoms with Gasteiger partial charge in [-0.15, -0.1) is 0 Å². The molecule has 0 aliphatic rings. The molecule has 4 aromatic rings. The molecule has 1 N–H and O–H groups in total. The molecule has 0 saturated carbocycles. The third kappa shape index (κ3) is 4.66. The molecule has 5 nitrogen and oxygen atoms in total. The molecule has 0 aliphatic carbocycles. The van der Waals surface area contributed by atoms with Gasteiger partial charge in [-0.2, -0.15) is 0 Å². The number of ketones is 1. The minimum absolute atomic E-state index is 0.0636. The Labute approximate surface area is 196 Å². The van der Waals surface area contributed by atoms with Crippen molar-refractivity contribution in [1.29, 1.82) is 0 Å². The van der Waals surface area contributed by atoms with E-state index in [-0.39, 0.29) is 23.6 Å². The van der Waals surface area contributed by atoms with Crippen LogP contribution in [-0.2, 0) is 17.8 Å². The first-order chi connectivity index (χ1) is 16.3. The molecule has 6 heteroatoms. The highest BCUT2D eigenvalue weighted by Crippen LogP contribution is 2.18. The van der Waals surface area contributed by atoms with Crippen LogP contribution in [0.3, 0.4) is 0 Å². The molecule has 172 valence electrons. The minimum Gasteiger partial charge on any atom is -0.337 e. The van der Waals surface area contributed by atoms with Crippen LogP contribution in [0.4, 0.5) is 10.1 Å². The van der Waals surface area contributed by atoms with Gasteiger partial charge in [0.2, 0.25) is 11.3 Å². The Morgan fingerprint density at radius 3 is 2.35 bits per heavy atom. The van der Waals surface area contributed by atoms with Gasteiger partial charge in [0, 0.05) is 22.8 Å². The minimum atomic E-state index is -0.517. The summed E-state index contributed by atoms with van der Waals surface area (Å²) in [7, 11) is 0. The summed E-state index contributed by atoms with van der Waals surface area (Å²) in [6, 6.07) is 16.2. The number of halogens is 1. The topological polar surface area (TPSA) is 68.2 Å². The molecule has 0 unspecified atom stereocenters. The van der Waals surface area contributed by atoms with Crippen LogP contribution >= 0.6 is 0 Å². The molecule has 1 amide bonds. The number of hydrogen-bond acceptors (Lipinski definition) is 3. The number of anilines is 1. The molecular weight excluding hydrogens is 431 g/mol. The zero-order valence-electron chi connectivity index (χ0n) is 19.3. The maximum Gasteiger partial charge on any atom is 0.244 e. The van der Waals surface area contributed by atoms with Crippen molar-refractivity contribution in [2.75, 3.05) is 5.32 Å². The Bertz CT molecular complexity index is 1470. The Morgan fingerprint density at radius 1 is 0.941 bits per heavy atom. The molecule has 34 heavy (non-hydrogen) atoms. The number of nitrogens with zero attached hydrogens (tertiary/aromatic N) is 1. The van der Waals surface area contributed by atoms with Gasteiger partial charge in [-0.1, -0.05) is 19.1 Å². The van der Waals surface area contributed by atoms with Crippen molar-refractivity contribution in [3.8, 4) is 0 Å². The number of pyridine rings is 1. The molecule has 0 spiro atoms. The molecule has 0 atom stereocenters. The van der Waals surface area contributed by atoms with Gasteiger partial charge in [-0.05, 0) is 85.5 Å². The number of carbonyl (C=O) groups excluding carboxylic acids is 2. The van der Waals surface area contributed by atoms with Crippen LogP contribution in [0.5, 0.6) is 0 Å². The fraction of sp³-hybridized carbons (Fsp3) is 0.179. The molecule has 1 heterocycles. The maximum atomic E-state index is 13.3. The van der Waals surface area contributed by atoms with Gasteiger partial charge < -0.3 is 9.88 Å². The van der Waals surface area contributed by atoms with E-state index in [1.165, 1.54) is 30.5 Å². The van der Waals surface area contributed by atoms with Gasteiger partial charge in [0.25, 0.3) is 0 Å². The molecule has 0 aliphatic heterocycles. The fourth-order valence-corrected chi connectivity index (χ4v) is 3.89. The second-order valence-electron chi connectivity index (χ2n) is 8.39. The number of carbonyl (C=O) groups is 2. The second kappa shape index (κ2) is 9.43. The monoisotopic (exact) mass is 456 g/mol. The molecule has 0 saturated heterocycles. The van der Waals surface area contributed by atoms with Crippen molar-refractivity contribution in [3.63, 3.8) is 0 Å². The first kappa shape index (κ1) is 23.1. The average Bonchev–Trinajstić information content (AvgIpc) is 2.83. The maximum absolute atomic E-state index is 13.3. The summed E-state index contributed by atoms with van der Waals surface area (Å²) in [4.78, 5) is 39.3. The van der Waals surface area contributed by atoms with Crippen molar-refractivity contribution in [2.24, 2.45) is 0 Å². The lowest BCUT2D eigenvalue weighted by Crippen LogP contribution is -2.24. The van der Waals surface area contributed by atoms with Gasteiger partial charge in [-0.25, -0.2) is 4.39 Å². The van der Waals surface area contributed by atoms with E-state index in [0.29, 0.717) is 16.6 Å². The summed E-state index contributed by atoms with van der Waals surface area (Å²) in [5.74, 6) is -1.27. The third-order valence-electron chi connectivity index (χ3n) is 6.01. The summed E-state index contributed by atoms with van der Waals surface area (Å²) in [5, 5.41) is 3.25. The van der Waals surface area contributed by atoms with Gasteiger partial charge in [0.05, 0.1) is 11.1 Å². The summed E-state index contributed by atoms with van der Waals surface area (Å²) >= 11 is 0. The fourth-order valence-electron chi connectivity index (χ4n) is 3.89. The summed E-state index contributed by atoms with van der Waals surface area (Å²) < 4.78 is 14.9. The molecule has 3 aromatic carbocycles. The Hall–Kier alpha value is -4.06. The Kier molecular flexibility index (Phi) is 6.41. The number of benzene rings is 3. The number of amides is 1. The molecule has 0 radical (unpaired) electrons. The lowest BCUT2D eigenvalue weighted by Gasteiger charge is -2.15. The van der Waals surface area contributed by atoms with E-state index in [2.05, 4.69) is 5.32 Å². The van der Waals surface area contributed by atoms with Crippen molar-refractivity contribution >= 4 is 28.3 Å². The number of hydrogen-bond donors (Lipinski definition) is 1. The van der Waals surface area contributed by atoms with Crippen LogP contribution in [0, 0.1) is 19.7 Å². The Balaban J connectivity index is 1.76. The van der Waals surface area contributed by atoms with Crippen molar-refractivity contribution in [3.05, 3.63) is 111 Å². The smallest absolute Gasteiger partial charge is 0.244 e. The number of nitrogens with one attached hydrogen (secondary N) is 1. The molecule has 1 aromatic heterocycles. The normalized spacial score (nSPS) is 10.9. The van der Waals surface area contributed by atoms with E-state index in [1.54, 1.807) is 16.7 Å². The SMILES string of the molecule is CCc1ccc2c(c1)c(=O)c(C(=O)c1ccc(F)cc1)cn2CC(=O)Nc1ccc(C)c(C)c1. The molecule has 0 bridgehead atoms. The lowest BCUT2D eigenvalue weighted by atomic mass is 10.0. The van der Waals surface area contributed by atoms with Crippen LogP contribution in [0.15, 0.2) is 71.7 Å². The Morgan fingerprint density at radius 2 is 1.68 bits per heavy atom. The van der Waals surface area contributed by atoms with Gasteiger partial charge in [0.1, 0.15) is 12.4 Å². The van der Waals surface area contributed by atoms with Crippen LogP contribution in [0.25, 0.3) is 10.9 Å². The molecule has 4 rings (SSSR count). The van der Waals surface area contributed by atoms with Crippen molar-refractivity contribution in [2.45, 2.75) is 33.7 Å². The number of rotatable bonds is 6. The predicted octanol–water partition coefficient (Wildman–Crippen LogP) is 5.19. The first-order valence-corrected chi connectivity index (χ1v) is 11.1. The van der Waals surface area contributed by atoms with Crippen molar-refractivity contribution < 1.29 is 14.0 Å². The van der Waals surface area contributed by atoms with Crippen LogP contribution < -0.4 is 10.7 Å².